The van der Waals surface area contributed by atoms with Crippen LogP contribution in [0.3, 0.4) is 0 Å². The number of hydrogen-bond donors (Lipinski definition) is 2. The van der Waals surface area contributed by atoms with Gasteiger partial charge in [-0.05, 0) is 43.7 Å². The summed E-state index contributed by atoms with van der Waals surface area (Å²) < 4.78 is 6.46. The van der Waals surface area contributed by atoms with Crippen LogP contribution in [0.4, 0.5) is 5.82 Å². The molecule has 0 spiro atoms. The molecule has 2 N–H and O–H groups in total. The Morgan fingerprint density at radius 2 is 1.93 bits per heavy atom. The zero-order chi connectivity index (χ0) is 20.4. The molecule has 0 saturated carbocycles. The van der Waals surface area contributed by atoms with Crippen LogP contribution < -0.4 is 5.32 Å². The van der Waals surface area contributed by atoms with Crippen molar-refractivity contribution in [2.45, 2.75) is 42.9 Å². The number of anilines is 1. The number of hydrogen-bond acceptors (Lipinski definition) is 7. The first-order chi connectivity index (χ1) is 13.9. The number of nitrogens with zero attached hydrogens (tertiary/aromatic N) is 2. The van der Waals surface area contributed by atoms with Crippen LogP contribution in [-0.2, 0) is 10.5 Å². The van der Waals surface area contributed by atoms with Crippen molar-refractivity contribution in [1.29, 1.82) is 0 Å². The van der Waals surface area contributed by atoms with Crippen molar-refractivity contribution >= 4 is 55.1 Å². The monoisotopic (exact) mass is 493 g/mol. The second kappa shape index (κ2) is 8.89. The molecule has 3 aromatic rings. The van der Waals surface area contributed by atoms with Crippen molar-refractivity contribution in [2.75, 3.05) is 25.1 Å². The van der Waals surface area contributed by atoms with Gasteiger partial charge < -0.3 is 15.2 Å². The summed E-state index contributed by atoms with van der Waals surface area (Å²) in [5.74, 6) is 2.32. The number of benzene rings is 1. The number of rotatable bonds is 6. The van der Waals surface area contributed by atoms with E-state index < -0.39 is 5.60 Å². The van der Waals surface area contributed by atoms with E-state index in [1.807, 2.05) is 12.1 Å². The van der Waals surface area contributed by atoms with Gasteiger partial charge >= 0.3 is 0 Å². The third-order valence-corrected chi connectivity index (χ3v) is 7.90. The van der Waals surface area contributed by atoms with E-state index in [9.17, 15) is 5.11 Å². The summed E-state index contributed by atoms with van der Waals surface area (Å²) in [5.41, 5.74) is 0.458. The highest BCUT2D eigenvalue weighted by molar-refractivity contribution is 9.10. The molecule has 0 unspecified atom stereocenters. The van der Waals surface area contributed by atoms with Gasteiger partial charge in [-0.1, -0.05) is 15.9 Å². The molecule has 1 aliphatic heterocycles. The van der Waals surface area contributed by atoms with Crippen molar-refractivity contribution in [3.8, 4) is 0 Å². The standard InChI is InChI=1S/C21H24BrN3O2S2/c1-13-14(2)29-20-18(13)19(23-12-21(26)7-9-27-10-8-21)24-17(25-20)11-28-16-5-3-15(22)4-6-16/h3-6,26H,7-12H2,1-2H3,(H,23,24,25). The molecule has 1 aliphatic rings. The van der Waals surface area contributed by atoms with Crippen LogP contribution in [0, 0.1) is 13.8 Å². The Morgan fingerprint density at radius 1 is 1.21 bits per heavy atom. The number of thioether (sulfide) groups is 1. The Balaban J connectivity index is 1.58. The van der Waals surface area contributed by atoms with Crippen molar-refractivity contribution in [2.24, 2.45) is 0 Å². The van der Waals surface area contributed by atoms with Crippen molar-refractivity contribution in [1.82, 2.24) is 9.97 Å². The van der Waals surface area contributed by atoms with Crippen LogP contribution in [0.2, 0.25) is 0 Å². The largest absolute Gasteiger partial charge is 0.388 e. The normalized spacial score (nSPS) is 16.3. The molecule has 0 bridgehead atoms. The molecule has 1 saturated heterocycles. The van der Waals surface area contributed by atoms with Gasteiger partial charge in [-0.25, -0.2) is 9.97 Å². The fourth-order valence-corrected chi connectivity index (χ4v) is 5.41. The average Bonchev–Trinajstić information content (AvgIpc) is 3.00. The zero-order valence-electron chi connectivity index (χ0n) is 16.5. The minimum absolute atomic E-state index is 0.468. The zero-order valence-corrected chi connectivity index (χ0v) is 19.7. The number of aliphatic hydroxyl groups is 1. The number of nitrogens with one attached hydrogen (secondary N) is 1. The van der Waals surface area contributed by atoms with Gasteiger partial charge in [0.05, 0.1) is 16.7 Å². The Kier molecular flexibility index (Phi) is 6.46. The molecule has 3 heterocycles. The Labute approximate surface area is 187 Å². The van der Waals surface area contributed by atoms with Crippen LogP contribution in [0.1, 0.15) is 29.1 Å². The van der Waals surface area contributed by atoms with E-state index in [0.29, 0.717) is 38.4 Å². The number of fused-ring (bicyclic) bond motifs is 1. The lowest BCUT2D eigenvalue weighted by Gasteiger charge is -2.32. The van der Waals surface area contributed by atoms with Gasteiger partial charge in [0.2, 0.25) is 0 Å². The van der Waals surface area contributed by atoms with Gasteiger partial charge in [-0.3, -0.25) is 0 Å². The molecule has 8 heteroatoms. The van der Waals surface area contributed by atoms with E-state index in [1.54, 1.807) is 23.1 Å². The average molecular weight is 494 g/mol. The quantitative estimate of drug-likeness (QED) is 0.453. The van der Waals surface area contributed by atoms with Gasteiger partial charge in [-0.2, -0.15) is 0 Å². The molecular formula is C21H24BrN3O2S2. The van der Waals surface area contributed by atoms with Crippen molar-refractivity contribution < 1.29 is 9.84 Å². The van der Waals surface area contributed by atoms with Crippen LogP contribution in [-0.4, -0.2) is 40.4 Å². The maximum Gasteiger partial charge on any atom is 0.142 e. The topological polar surface area (TPSA) is 67.3 Å². The van der Waals surface area contributed by atoms with Crippen LogP contribution in [0.5, 0.6) is 0 Å². The fraction of sp³-hybridized carbons (Fsp3) is 0.429. The van der Waals surface area contributed by atoms with E-state index in [4.69, 9.17) is 14.7 Å². The number of aromatic nitrogens is 2. The Bertz CT molecular complexity index is 1000. The molecule has 2 aromatic heterocycles. The summed E-state index contributed by atoms with van der Waals surface area (Å²) in [6, 6.07) is 8.26. The first-order valence-electron chi connectivity index (χ1n) is 9.62. The summed E-state index contributed by atoms with van der Waals surface area (Å²) in [5, 5.41) is 15.3. The molecule has 29 heavy (non-hydrogen) atoms. The second-order valence-corrected chi connectivity index (χ2v) is 10.6. The van der Waals surface area contributed by atoms with E-state index in [1.165, 1.54) is 15.3 Å². The van der Waals surface area contributed by atoms with Gasteiger partial charge in [0.1, 0.15) is 16.5 Å². The maximum atomic E-state index is 10.8. The van der Waals surface area contributed by atoms with Crippen LogP contribution >= 0.6 is 39.0 Å². The number of thiophene rings is 1. The highest BCUT2D eigenvalue weighted by Crippen LogP contribution is 2.35. The molecule has 0 amide bonds. The lowest BCUT2D eigenvalue weighted by molar-refractivity contribution is -0.0543. The summed E-state index contributed by atoms with van der Waals surface area (Å²) in [4.78, 5) is 13.1. The second-order valence-electron chi connectivity index (χ2n) is 7.38. The van der Waals surface area contributed by atoms with E-state index >= 15 is 0 Å². The predicted molar refractivity (Wildman–Crippen MR) is 124 cm³/mol. The number of halogens is 1. The molecule has 4 rings (SSSR count). The number of ether oxygens (including phenoxy) is 1. The predicted octanol–water partition coefficient (Wildman–Crippen LogP) is 5.32. The summed E-state index contributed by atoms with van der Waals surface area (Å²) >= 11 is 6.90. The fourth-order valence-electron chi connectivity index (χ4n) is 3.34. The lowest BCUT2D eigenvalue weighted by atomic mass is 9.94. The third kappa shape index (κ3) is 4.94. The third-order valence-electron chi connectivity index (χ3n) is 5.26. The van der Waals surface area contributed by atoms with E-state index in [-0.39, 0.29) is 0 Å². The lowest BCUT2D eigenvalue weighted by Crippen LogP contribution is -2.42. The molecule has 0 atom stereocenters. The molecule has 0 aliphatic carbocycles. The van der Waals surface area contributed by atoms with E-state index in [2.05, 4.69) is 47.2 Å². The summed E-state index contributed by atoms with van der Waals surface area (Å²) in [6.07, 6.45) is 1.28. The van der Waals surface area contributed by atoms with Crippen LogP contribution in [0.25, 0.3) is 10.2 Å². The van der Waals surface area contributed by atoms with Crippen molar-refractivity contribution in [3.05, 3.63) is 45.0 Å². The summed E-state index contributed by atoms with van der Waals surface area (Å²) in [6.45, 7) is 5.90. The summed E-state index contributed by atoms with van der Waals surface area (Å²) in [7, 11) is 0. The molecule has 1 aromatic carbocycles. The first-order valence-corrected chi connectivity index (χ1v) is 12.2. The van der Waals surface area contributed by atoms with Gasteiger partial charge in [0, 0.05) is 46.8 Å². The van der Waals surface area contributed by atoms with Gasteiger partial charge in [0.15, 0.2) is 0 Å². The molecule has 5 nitrogen and oxygen atoms in total. The minimum atomic E-state index is -0.749. The molecular weight excluding hydrogens is 470 g/mol. The Morgan fingerprint density at radius 3 is 2.66 bits per heavy atom. The molecule has 1 fully saturated rings. The molecule has 0 radical (unpaired) electrons. The highest BCUT2D eigenvalue weighted by atomic mass is 79.9. The van der Waals surface area contributed by atoms with Gasteiger partial charge in [-0.15, -0.1) is 23.1 Å². The first kappa shape index (κ1) is 21.1. The minimum Gasteiger partial charge on any atom is -0.388 e. The van der Waals surface area contributed by atoms with E-state index in [0.717, 1.165) is 26.3 Å². The smallest absolute Gasteiger partial charge is 0.142 e. The van der Waals surface area contributed by atoms with Gasteiger partial charge in [0.25, 0.3) is 0 Å². The maximum absolute atomic E-state index is 10.8. The van der Waals surface area contributed by atoms with Crippen LogP contribution in [0.15, 0.2) is 33.6 Å². The van der Waals surface area contributed by atoms with Crippen molar-refractivity contribution in [3.63, 3.8) is 0 Å². The highest BCUT2D eigenvalue weighted by Gasteiger charge is 2.30. The SMILES string of the molecule is Cc1sc2nc(CSc3ccc(Br)cc3)nc(NCC3(O)CCOCC3)c2c1C. The Hall–Kier alpha value is -1.19. The number of aryl methyl sites for hydroxylation is 2. The molecule has 154 valence electrons.